The van der Waals surface area contributed by atoms with E-state index in [1.165, 1.54) is 11.8 Å². The fourth-order valence-electron chi connectivity index (χ4n) is 3.61. The molecule has 0 saturated heterocycles. The minimum Gasteiger partial charge on any atom is -0.494 e. The van der Waals surface area contributed by atoms with Crippen molar-refractivity contribution in [1.82, 2.24) is 15.6 Å². The number of nitrogens with zero attached hydrogens (tertiary/aromatic N) is 5. The Labute approximate surface area is 204 Å². The number of thioether (sulfide) groups is 2. The van der Waals surface area contributed by atoms with Crippen molar-refractivity contribution in [1.29, 1.82) is 0 Å². The van der Waals surface area contributed by atoms with Crippen LogP contribution in [0.3, 0.4) is 0 Å². The highest BCUT2D eigenvalue weighted by atomic mass is 32.2. The van der Waals surface area contributed by atoms with Crippen LogP contribution >= 0.6 is 23.5 Å². The molecule has 2 rings (SSSR count). The van der Waals surface area contributed by atoms with Crippen LogP contribution in [0.15, 0.2) is 38.7 Å². The van der Waals surface area contributed by atoms with Crippen LogP contribution < -0.4 is 15.4 Å². The summed E-state index contributed by atoms with van der Waals surface area (Å²) in [5, 5.41) is 24.0. The van der Waals surface area contributed by atoms with Crippen LogP contribution in [0.2, 0.25) is 0 Å². The number of hydrogen-bond donors (Lipinski definition) is 2. The van der Waals surface area contributed by atoms with Gasteiger partial charge >= 0.3 is 0 Å². The highest BCUT2D eigenvalue weighted by molar-refractivity contribution is 8.14. The van der Waals surface area contributed by atoms with Crippen molar-refractivity contribution in [3.63, 3.8) is 0 Å². The maximum Gasteiger partial charge on any atom is 0.226 e. The molecule has 0 aromatic carbocycles. The van der Waals surface area contributed by atoms with Crippen LogP contribution in [-0.4, -0.2) is 59.8 Å². The van der Waals surface area contributed by atoms with Crippen molar-refractivity contribution < 1.29 is 9.53 Å². The lowest BCUT2D eigenvalue weighted by molar-refractivity contribution is -0.120. The quantitative estimate of drug-likeness (QED) is 0.200. The number of carbonyl (C=O) groups is 1. The highest BCUT2D eigenvalue weighted by Gasteiger charge is 2.29. The van der Waals surface area contributed by atoms with Crippen molar-refractivity contribution in [3.8, 4) is 5.75 Å². The van der Waals surface area contributed by atoms with Gasteiger partial charge in [0.25, 0.3) is 0 Å². The van der Waals surface area contributed by atoms with E-state index in [4.69, 9.17) is 4.74 Å². The van der Waals surface area contributed by atoms with E-state index in [-0.39, 0.29) is 18.2 Å². The third-order valence-corrected chi connectivity index (χ3v) is 7.15. The smallest absolute Gasteiger partial charge is 0.226 e. The molecule has 1 heterocycles. The molecule has 0 aliphatic heterocycles. The first-order valence-corrected chi connectivity index (χ1v) is 12.9. The second-order valence-corrected chi connectivity index (χ2v) is 9.33. The Morgan fingerprint density at radius 1 is 1.18 bits per heavy atom. The molecule has 1 aliphatic carbocycles. The Morgan fingerprint density at radius 3 is 2.45 bits per heavy atom. The first-order valence-electron chi connectivity index (χ1n) is 10.9. The number of nitrogens with one attached hydrogen (secondary N) is 2. The third-order valence-electron chi connectivity index (χ3n) is 5.01. The molecular formula is C22H33N7O2S2. The third kappa shape index (κ3) is 9.65. The molecule has 1 aromatic heterocycles. The van der Waals surface area contributed by atoms with E-state index in [1.54, 1.807) is 30.1 Å². The number of hydrogen-bond acceptors (Lipinski definition) is 10. The van der Waals surface area contributed by atoms with Gasteiger partial charge in [-0.1, -0.05) is 29.9 Å². The van der Waals surface area contributed by atoms with Gasteiger partial charge in [0.1, 0.15) is 15.8 Å². The molecule has 11 heteroatoms. The lowest BCUT2D eigenvalue weighted by atomic mass is 9.82. The van der Waals surface area contributed by atoms with Gasteiger partial charge in [0.15, 0.2) is 0 Å². The summed E-state index contributed by atoms with van der Waals surface area (Å²) in [5.74, 6) is 2.33. The number of amides is 1. The maximum atomic E-state index is 12.4. The summed E-state index contributed by atoms with van der Waals surface area (Å²) in [6.45, 7) is 9.52. The molecule has 1 saturated carbocycles. The Hall–Kier alpha value is -2.24. The summed E-state index contributed by atoms with van der Waals surface area (Å²) >= 11 is 3.15. The van der Waals surface area contributed by atoms with Gasteiger partial charge in [-0.3, -0.25) is 9.78 Å². The van der Waals surface area contributed by atoms with E-state index in [9.17, 15) is 4.79 Å². The Kier molecular flexibility index (Phi) is 12.7. The molecule has 1 fully saturated rings. The van der Waals surface area contributed by atoms with Crippen molar-refractivity contribution in [2.45, 2.75) is 39.0 Å². The molecule has 1 amide bonds. The van der Waals surface area contributed by atoms with E-state index in [2.05, 4.69) is 49.5 Å². The average molecular weight is 492 g/mol. The number of carbonyl (C=O) groups excluding carboxylic acids is 1. The van der Waals surface area contributed by atoms with Gasteiger partial charge in [0, 0.05) is 43.4 Å². The summed E-state index contributed by atoms with van der Waals surface area (Å²) in [4.78, 5) is 16.6. The van der Waals surface area contributed by atoms with Crippen LogP contribution in [0.1, 0.15) is 38.3 Å². The van der Waals surface area contributed by atoms with Crippen LogP contribution in [0.5, 0.6) is 5.75 Å². The van der Waals surface area contributed by atoms with E-state index in [1.807, 2.05) is 14.0 Å². The summed E-state index contributed by atoms with van der Waals surface area (Å²) in [6, 6.07) is 3.57. The molecule has 1 aromatic rings. The van der Waals surface area contributed by atoms with Gasteiger partial charge in [-0.05, 0) is 39.3 Å². The molecule has 0 bridgehead atoms. The molecule has 1 aliphatic rings. The minimum absolute atomic E-state index is 0.106. The second kappa shape index (κ2) is 15.6. The normalized spacial score (nSPS) is 19.1. The number of aromatic nitrogens is 1. The number of rotatable bonds is 12. The number of pyridine rings is 1. The fourth-order valence-corrected chi connectivity index (χ4v) is 5.41. The van der Waals surface area contributed by atoms with Crippen LogP contribution in [0, 0.1) is 11.8 Å². The average Bonchev–Trinajstić information content (AvgIpc) is 2.82. The molecule has 33 heavy (non-hydrogen) atoms. The van der Waals surface area contributed by atoms with Gasteiger partial charge in [0.05, 0.1) is 24.6 Å². The van der Waals surface area contributed by atoms with E-state index >= 15 is 0 Å². The molecule has 180 valence electrons. The van der Waals surface area contributed by atoms with Gasteiger partial charge in [-0.15, -0.1) is 10.2 Å². The lowest BCUT2D eigenvalue weighted by Crippen LogP contribution is -2.29. The molecule has 2 N–H and O–H groups in total. The zero-order chi connectivity index (χ0) is 23.9. The summed E-state index contributed by atoms with van der Waals surface area (Å²) in [6.07, 6.45) is 5.90. The van der Waals surface area contributed by atoms with Gasteiger partial charge in [0.2, 0.25) is 5.91 Å². The minimum atomic E-state index is -0.106. The summed E-state index contributed by atoms with van der Waals surface area (Å²) in [7, 11) is 1.91. The van der Waals surface area contributed by atoms with Gasteiger partial charge in [-0.2, -0.15) is 10.2 Å². The topological polar surface area (TPSA) is 113 Å². The van der Waals surface area contributed by atoms with E-state index in [0.717, 1.165) is 41.6 Å². The number of ether oxygens (including phenoxy) is 1. The molecule has 1 unspecified atom stereocenters. The van der Waals surface area contributed by atoms with Crippen molar-refractivity contribution in [3.05, 3.63) is 24.0 Å². The molecule has 0 radical (unpaired) electrons. The fraction of sp³-hybridized carbons (Fsp3) is 0.545. The molecule has 9 nitrogen and oxygen atoms in total. The first kappa shape index (κ1) is 27.0. The van der Waals surface area contributed by atoms with E-state index < -0.39 is 0 Å². The molecular weight excluding hydrogens is 458 g/mol. The standard InChI is InChI=1S/C22H33N7O2S2/c1-5-31-19-9-10-26-18(12-19)13-20(30)27-15-33-22(29-25-4)17-8-6-7-16(11-17)21(28-24-3)32-14-23-2/h9-10,12,16-17,23H,3-8,11,13-15H2,1-2H3,(H,27,30)/b28-21-,29-22-/t16-,17?/m0/s1. The molecule has 2 atom stereocenters. The monoisotopic (exact) mass is 491 g/mol. The van der Waals surface area contributed by atoms with E-state index in [0.29, 0.717) is 29.8 Å². The van der Waals surface area contributed by atoms with Gasteiger partial charge < -0.3 is 15.4 Å². The second-order valence-electron chi connectivity index (χ2n) is 7.34. The van der Waals surface area contributed by atoms with Crippen LogP contribution in [-0.2, 0) is 11.2 Å². The van der Waals surface area contributed by atoms with Crippen molar-refractivity contribution in [2.24, 2.45) is 32.2 Å². The molecule has 0 spiro atoms. The SMILES string of the molecule is C=N/N=C(\SCNC(=O)Cc1cc(OCC)ccn1)C1CCC[C@H](/C(=N/N=C)SCNC)C1. The Balaban J connectivity index is 1.90. The lowest BCUT2D eigenvalue weighted by Gasteiger charge is -2.29. The summed E-state index contributed by atoms with van der Waals surface area (Å²) < 4.78 is 5.47. The van der Waals surface area contributed by atoms with Crippen molar-refractivity contribution in [2.75, 3.05) is 25.4 Å². The Morgan fingerprint density at radius 2 is 1.85 bits per heavy atom. The zero-order valence-electron chi connectivity index (χ0n) is 19.3. The highest BCUT2D eigenvalue weighted by Crippen LogP contribution is 2.36. The van der Waals surface area contributed by atoms with Crippen LogP contribution in [0.25, 0.3) is 0 Å². The van der Waals surface area contributed by atoms with Crippen LogP contribution in [0.4, 0.5) is 0 Å². The predicted molar refractivity (Wildman–Crippen MR) is 141 cm³/mol. The maximum absolute atomic E-state index is 12.4. The Bertz CT molecular complexity index is 848. The van der Waals surface area contributed by atoms with Gasteiger partial charge in [-0.25, -0.2) is 0 Å². The predicted octanol–water partition coefficient (Wildman–Crippen LogP) is 3.57. The largest absolute Gasteiger partial charge is 0.494 e. The zero-order valence-corrected chi connectivity index (χ0v) is 21.0. The first-order chi connectivity index (χ1) is 16.1. The summed E-state index contributed by atoms with van der Waals surface area (Å²) in [5.41, 5.74) is 0.668. The van der Waals surface area contributed by atoms with Crippen molar-refractivity contribution >= 4 is 53.0 Å².